The van der Waals surface area contributed by atoms with E-state index in [1.54, 1.807) is 36.4 Å². The predicted octanol–water partition coefficient (Wildman–Crippen LogP) is 5.02. The monoisotopic (exact) mass is 543 g/mol. The summed E-state index contributed by atoms with van der Waals surface area (Å²) in [5, 5.41) is 5.71. The van der Waals surface area contributed by atoms with Crippen molar-refractivity contribution >= 4 is 44.8 Å². The van der Waals surface area contributed by atoms with Gasteiger partial charge in [-0.1, -0.05) is 54.8 Å². The summed E-state index contributed by atoms with van der Waals surface area (Å²) >= 11 is 6.27. The fourth-order valence-corrected chi connectivity index (χ4v) is 5.21. The van der Waals surface area contributed by atoms with Crippen molar-refractivity contribution in [1.29, 1.82) is 0 Å². The Labute approximate surface area is 222 Å². The van der Waals surface area contributed by atoms with Crippen LogP contribution in [0.25, 0.3) is 0 Å². The van der Waals surface area contributed by atoms with Crippen molar-refractivity contribution < 1.29 is 22.7 Å². The third-order valence-electron chi connectivity index (χ3n) is 5.58. The maximum Gasteiger partial charge on any atom is 0.264 e. The number of hydrogen-bond acceptors (Lipinski definition) is 5. The molecule has 0 saturated carbocycles. The van der Waals surface area contributed by atoms with Gasteiger partial charge in [-0.2, -0.15) is 0 Å². The minimum Gasteiger partial charge on any atom is -0.495 e. The van der Waals surface area contributed by atoms with E-state index in [4.69, 9.17) is 16.3 Å². The smallest absolute Gasteiger partial charge is 0.264 e. The van der Waals surface area contributed by atoms with Crippen LogP contribution in [0.3, 0.4) is 0 Å². The van der Waals surface area contributed by atoms with Gasteiger partial charge in [0.25, 0.3) is 15.9 Å². The lowest BCUT2D eigenvalue weighted by atomic mass is 10.1. The first kappa shape index (κ1) is 28.0. The van der Waals surface area contributed by atoms with E-state index >= 15 is 0 Å². The second-order valence-electron chi connectivity index (χ2n) is 8.35. The molecule has 0 heterocycles. The summed E-state index contributed by atoms with van der Waals surface area (Å²) in [5.74, 6) is -0.586. The van der Waals surface area contributed by atoms with E-state index in [2.05, 4.69) is 10.6 Å². The van der Waals surface area contributed by atoms with Gasteiger partial charge in [-0.25, -0.2) is 8.42 Å². The van der Waals surface area contributed by atoms with Crippen molar-refractivity contribution in [3.63, 3.8) is 0 Å². The minimum atomic E-state index is -4.14. The van der Waals surface area contributed by atoms with Crippen molar-refractivity contribution in [2.75, 3.05) is 29.8 Å². The Morgan fingerprint density at radius 3 is 2.38 bits per heavy atom. The lowest BCUT2D eigenvalue weighted by molar-refractivity contribution is -0.114. The highest BCUT2D eigenvalue weighted by Crippen LogP contribution is 2.32. The standard InChI is InChI=1S/C27H30ClN3O5S/c1-4-5-16-29-27(33)22-8-6-7-9-24(22)30-26(32)18-31(20-12-15-25(36-3)23(28)17-20)37(34,35)21-13-10-19(2)11-14-21/h6-15,17H,4-5,16,18H2,1-3H3,(H,29,33)(H,30,32). The molecule has 196 valence electrons. The number of amides is 2. The third-order valence-corrected chi connectivity index (χ3v) is 7.66. The summed E-state index contributed by atoms with van der Waals surface area (Å²) in [6, 6.07) is 17.4. The second-order valence-corrected chi connectivity index (χ2v) is 10.6. The Kier molecular flexibility index (Phi) is 9.54. The van der Waals surface area contributed by atoms with Crippen LogP contribution in [0.15, 0.2) is 71.6 Å². The average Bonchev–Trinajstić information content (AvgIpc) is 2.88. The van der Waals surface area contributed by atoms with Crippen molar-refractivity contribution in [3.05, 3.63) is 82.9 Å². The van der Waals surface area contributed by atoms with Crippen molar-refractivity contribution in [1.82, 2.24) is 5.32 Å². The van der Waals surface area contributed by atoms with Gasteiger partial charge in [0.15, 0.2) is 0 Å². The highest BCUT2D eigenvalue weighted by molar-refractivity contribution is 7.92. The topological polar surface area (TPSA) is 105 Å². The average molecular weight is 544 g/mol. The quantitative estimate of drug-likeness (QED) is 0.330. The number of sulfonamides is 1. The SMILES string of the molecule is CCCCNC(=O)c1ccccc1NC(=O)CN(c1ccc(OC)c(Cl)c1)S(=O)(=O)c1ccc(C)cc1. The molecule has 37 heavy (non-hydrogen) atoms. The lowest BCUT2D eigenvalue weighted by Gasteiger charge is -2.25. The van der Waals surface area contributed by atoms with E-state index in [-0.39, 0.29) is 32.8 Å². The zero-order valence-electron chi connectivity index (χ0n) is 21.0. The van der Waals surface area contributed by atoms with E-state index in [9.17, 15) is 18.0 Å². The lowest BCUT2D eigenvalue weighted by Crippen LogP contribution is -2.38. The highest BCUT2D eigenvalue weighted by atomic mass is 35.5. The number of carbonyl (C=O) groups excluding carboxylic acids is 2. The van der Waals surface area contributed by atoms with Crippen LogP contribution >= 0.6 is 11.6 Å². The number of aryl methyl sites for hydroxylation is 1. The van der Waals surface area contributed by atoms with Crippen LogP contribution in [0.5, 0.6) is 5.75 Å². The zero-order valence-corrected chi connectivity index (χ0v) is 22.5. The van der Waals surface area contributed by atoms with Crippen molar-refractivity contribution in [2.24, 2.45) is 0 Å². The van der Waals surface area contributed by atoms with Gasteiger partial charge in [0.1, 0.15) is 12.3 Å². The molecule has 2 amide bonds. The van der Waals surface area contributed by atoms with Crippen LogP contribution in [-0.2, 0) is 14.8 Å². The van der Waals surface area contributed by atoms with Gasteiger partial charge in [0, 0.05) is 6.54 Å². The highest BCUT2D eigenvalue weighted by Gasteiger charge is 2.28. The van der Waals surface area contributed by atoms with Gasteiger partial charge >= 0.3 is 0 Å². The van der Waals surface area contributed by atoms with Gasteiger partial charge < -0.3 is 15.4 Å². The fourth-order valence-electron chi connectivity index (χ4n) is 3.55. The Hall–Kier alpha value is -3.56. The molecule has 3 aromatic carbocycles. The van der Waals surface area contributed by atoms with Gasteiger partial charge in [-0.3, -0.25) is 13.9 Å². The van der Waals surface area contributed by atoms with Crippen LogP contribution in [-0.4, -0.2) is 40.4 Å². The number of benzene rings is 3. The summed E-state index contributed by atoms with van der Waals surface area (Å²) in [7, 11) is -2.69. The number of unbranched alkanes of at least 4 members (excludes halogenated alkanes) is 1. The van der Waals surface area contributed by atoms with E-state index in [0.717, 1.165) is 22.7 Å². The summed E-state index contributed by atoms with van der Waals surface area (Å²) in [4.78, 5) is 25.8. The molecule has 10 heteroatoms. The maximum atomic E-state index is 13.6. The molecule has 0 saturated heterocycles. The van der Waals surface area contributed by atoms with E-state index in [1.807, 2.05) is 13.8 Å². The van der Waals surface area contributed by atoms with Crippen molar-refractivity contribution in [3.8, 4) is 5.75 Å². The molecule has 0 aliphatic heterocycles. The number of hydrogen-bond donors (Lipinski definition) is 2. The molecule has 0 radical (unpaired) electrons. The third kappa shape index (κ3) is 7.02. The van der Waals surface area contributed by atoms with Crippen LogP contribution in [0, 0.1) is 6.92 Å². The number of para-hydroxylation sites is 1. The molecule has 3 rings (SSSR count). The van der Waals surface area contributed by atoms with E-state index in [0.29, 0.717) is 12.3 Å². The molecular formula is C27H30ClN3O5S. The van der Waals surface area contributed by atoms with Crippen LogP contribution < -0.4 is 19.7 Å². The zero-order chi connectivity index (χ0) is 27.0. The molecule has 2 N–H and O–H groups in total. The number of ether oxygens (including phenoxy) is 1. The van der Waals surface area contributed by atoms with E-state index in [1.165, 1.54) is 37.4 Å². The van der Waals surface area contributed by atoms with Crippen LogP contribution in [0.2, 0.25) is 5.02 Å². The number of nitrogens with one attached hydrogen (secondary N) is 2. The van der Waals surface area contributed by atoms with Gasteiger partial charge in [-0.05, 0) is 55.8 Å². The van der Waals surface area contributed by atoms with Crippen molar-refractivity contribution in [2.45, 2.75) is 31.6 Å². The molecule has 8 nitrogen and oxygen atoms in total. The number of anilines is 2. The Balaban J connectivity index is 1.93. The maximum absolute atomic E-state index is 13.6. The predicted molar refractivity (Wildman–Crippen MR) is 146 cm³/mol. The molecule has 0 unspecified atom stereocenters. The summed E-state index contributed by atoms with van der Waals surface area (Å²) in [5.41, 5.74) is 1.64. The molecule has 3 aromatic rings. The van der Waals surface area contributed by atoms with Crippen LogP contribution in [0.1, 0.15) is 35.7 Å². The first-order chi connectivity index (χ1) is 17.7. The summed E-state index contributed by atoms with van der Waals surface area (Å²) in [6.07, 6.45) is 1.76. The number of halogens is 1. The molecule has 0 atom stereocenters. The number of nitrogens with zero attached hydrogens (tertiary/aromatic N) is 1. The second kappa shape index (κ2) is 12.6. The molecule has 0 aliphatic rings. The molecule has 0 spiro atoms. The molecule has 0 fully saturated rings. The molecule has 0 aromatic heterocycles. The first-order valence-corrected chi connectivity index (χ1v) is 13.6. The fraction of sp³-hybridized carbons (Fsp3) is 0.259. The molecular weight excluding hydrogens is 514 g/mol. The summed E-state index contributed by atoms with van der Waals surface area (Å²) in [6.45, 7) is 3.83. The van der Waals surface area contributed by atoms with Gasteiger partial charge in [0.05, 0.1) is 34.0 Å². The molecule has 0 bridgehead atoms. The minimum absolute atomic E-state index is 0.0218. The Morgan fingerprint density at radius 2 is 1.73 bits per heavy atom. The normalized spacial score (nSPS) is 11.0. The molecule has 0 aliphatic carbocycles. The number of carbonyl (C=O) groups is 2. The largest absolute Gasteiger partial charge is 0.495 e. The van der Waals surface area contributed by atoms with Gasteiger partial charge in [0.2, 0.25) is 5.91 Å². The summed E-state index contributed by atoms with van der Waals surface area (Å²) < 4.78 is 33.4. The first-order valence-electron chi connectivity index (χ1n) is 11.8. The number of rotatable bonds is 11. The van der Waals surface area contributed by atoms with Gasteiger partial charge in [-0.15, -0.1) is 0 Å². The van der Waals surface area contributed by atoms with Crippen LogP contribution in [0.4, 0.5) is 11.4 Å². The number of methoxy groups -OCH3 is 1. The Morgan fingerprint density at radius 1 is 1.03 bits per heavy atom. The van der Waals surface area contributed by atoms with E-state index < -0.39 is 22.5 Å². The Bertz CT molecular complexity index is 1360.